The molecule has 2 heterocycles. The van der Waals surface area contributed by atoms with Gasteiger partial charge in [-0.2, -0.15) is 0 Å². The Bertz CT molecular complexity index is 1490. The zero-order valence-electron chi connectivity index (χ0n) is 21.9. The van der Waals surface area contributed by atoms with Crippen molar-refractivity contribution < 1.29 is 19.1 Å². The molecule has 2 amide bonds. The van der Waals surface area contributed by atoms with Gasteiger partial charge in [0, 0.05) is 25.7 Å². The van der Waals surface area contributed by atoms with Gasteiger partial charge in [0.25, 0.3) is 5.56 Å². The van der Waals surface area contributed by atoms with Crippen molar-refractivity contribution in [1.82, 2.24) is 14.3 Å². The van der Waals surface area contributed by atoms with E-state index in [2.05, 4.69) is 16.9 Å². The van der Waals surface area contributed by atoms with Gasteiger partial charge in [0.05, 0.1) is 23.6 Å². The predicted molar refractivity (Wildman–Crippen MR) is 152 cm³/mol. The summed E-state index contributed by atoms with van der Waals surface area (Å²) in [6.45, 7) is 7.70. The van der Waals surface area contributed by atoms with E-state index in [1.807, 2.05) is 30.3 Å². The van der Waals surface area contributed by atoms with Gasteiger partial charge >= 0.3 is 5.97 Å². The van der Waals surface area contributed by atoms with E-state index in [4.69, 9.17) is 4.74 Å². The molecule has 2 aromatic carbocycles. The number of amides is 2. The lowest BCUT2D eigenvalue weighted by Gasteiger charge is -2.13. The second kappa shape index (κ2) is 12.0. The molecule has 0 radical (unpaired) electrons. The van der Waals surface area contributed by atoms with E-state index in [9.17, 15) is 19.2 Å². The van der Waals surface area contributed by atoms with Crippen LogP contribution in [0.15, 0.2) is 77.0 Å². The number of rotatable bonds is 9. The molecule has 11 heteroatoms. The smallest absolute Gasteiger partial charge is 0.338 e. The minimum absolute atomic E-state index is 0.0994. The first-order valence-electron chi connectivity index (χ1n) is 12.3. The summed E-state index contributed by atoms with van der Waals surface area (Å²) in [6.07, 6.45) is 1.47. The van der Waals surface area contributed by atoms with Crippen LogP contribution >= 0.6 is 11.8 Å². The van der Waals surface area contributed by atoms with Crippen molar-refractivity contribution in [3.63, 3.8) is 0 Å². The maximum Gasteiger partial charge on any atom is 0.338 e. The van der Waals surface area contributed by atoms with Crippen molar-refractivity contribution in [3.8, 4) is 5.69 Å². The van der Waals surface area contributed by atoms with Crippen molar-refractivity contribution in [2.24, 2.45) is 12.0 Å². The molecule has 1 aliphatic heterocycles. The van der Waals surface area contributed by atoms with Crippen LogP contribution in [0.1, 0.15) is 29.4 Å². The SMILES string of the molecule is C=CCN1C(=O)C(CC(=O)Nc2ccc(C(=O)OCC)cc2)SC1=Nc1c(C)n(C)n(-c2ccccc2)c1=O. The van der Waals surface area contributed by atoms with Crippen LogP contribution in [0.2, 0.25) is 0 Å². The summed E-state index contributed by atoms with van der Waals surface area (Å²) in [6, 6.07) is 15.5. The van der Waals surface area contributed by atoms with Gasteiger partial charge in [-0.15, -0.1) is 6.58 Å². The average molecular weight is 548 g/mol. The molecule has 1 fully saturated rings. The van der Waals surface area contributed by atoms with Crippen LogP contribution < -0.4 is 10.9 Å². The van der Waals surface area contributed by atoms with Gasteiger partial charge in [0.1, 0.15) is 5.25 Å². The van der Waals surface area contributed by atoms with Gasteiger partial charge in [0.15, 0.2) is 10.9 Å². The number of para-hydroxylation sites is 1. The molecule has 1 atom stereocenters. The molecule has 202 valence electrons. The van der Waals surface area contributed by atoms with Crippen LogP contribution in [0.4, 0.5) is 11.4 Å². The highest BCUT2D eigenvalue weighted by molar-refractivity contribution is 8.15. The number of nitrogens with zero attached hydrogens (tertiary/aromatic N) is 4. The Morgan fingerprint density at radius 2 is 1.82 bits per heavy atom. The van der Waals surface area contributed by atoms with Crippen LogP contribution in [0.3, 0.4) is 0 Å². The largest absolute Gasteiger partial charge is 0.462 e. The molecular formula is C28H29N5O5S. The maximum atomic E-state index is 13.3. The summed E-state index contributed by atoms with van der Waals surface area (Å²) in [5.74, 6) is -1.10. The topological polar surface area (TPSA) is 115 Å². The summed E-state index contributed by atoms with van der Waals surface area (Å²) in [7, 11) is 1.77. The Kier molecular flexibility index (Phi) is 8.50. The number of nitrogens with one attached hydrogen (secondary N) is 1. The quantitative estimate of drug-likeness (QED) is 0.322. The lowest BCUT2D eigenvalue weighted by atomic mass is 10.2. The van der Waals surface area contributed by atoms with Gasteiger partial charge in [-0.25, -0.2) is 14.5 Å². The third kappa shape index (κ3) is 5.88. The van der Waals surface area contributed by atoms with Crippen LogP contribution in [-0.4, -0.2) is 55.6 Å². The molecule has 1 aliphatic rings. The summed E-state index contributed by atoms with van der Waals surface area (Å²) in [5, 5.41) is 2.37. The summed E-state index contributed by atoms with van der Waals surface area (Å²) >= 11 is 1.14. The molecule has 39 heavy (non-hydrogen) atoms. The molecule has 3 aromatic rings. The van der Waals surface area contributed by atoms with E-state index in [1.165, 1.54) is 9.58 Å². The maximum absolute atomic E-state index is 13.3. The predicted octanol–water partition coefficient (Wildman–Crippen LogP) is 3.81. The number of hydrogen-bond donors (Lipinski definition) is 1. The Morgan fingerprint density at radius 3 is 2.46 bits per heavy atom. The average Bonchev–Trinajstić information content (AvgIpc) is 3.32. The molecule has 0 saturated carbocycles. The highest BCUT2D eigenvalue weighted by atomic mass is 32.2. The van der Waals surface area contributed by atoms with Gasteiger partial charge in [-0.05, 0) is 50.2 Å². The first-order valence-corrected chi connectivity index (χ1v) is 13.2. The van der Waals surface area contributed by atoms with Crippen LogP contribution in [0, 0.1) is 6.92 Å². The molecule has 4 rings (SSSR count). The van der Waals surface area contributed by atoms with E-state index in [1.54, 1.807) is 55.9 Å². The number of aliphatic imine (C=N–C) groups is 1. The second-order valence-corrected chi connectivity index (χ2v) is 9.87. The third-order valence-electron chi connectivity index (χ3n) is 6.11. The number of carbonyl (C=O) groups excluding carboxylic acids is 3. The normalized spacial score (nSPS) is 16.0. The number of esters is 1. The minimum atomic E-state index is -0.720. The Morgan fingerprint density at radius 1 is 1.13 bits per heavy atom. The number of ether oxygens (including phenoxy) is 1. The van der Waals surface area contributed by atoms with Crippen LogP contribution in [0.25, 0.3) is 5.69 Å². The summed E-state index contributed by atoms with van der Waals surface area (Å²) in [4.78, 5) is 57.1. The standard InChI is InChI=1S/C28H29N5O5S/c1-5-16-32-25(35)22(17-23(34)29-20-14-12-19(13-15-20)27(37)38-6-2)39-28(32)30-24-18(3)31(4)33(26(24)36)21-10-8-7-9-11-21/h5,7-15,22H,1,6,16-17H2,2-4H3,(H,29,34). The van der Waals surface area contributed by atoms with Crippen molar-refractivity contribution in [1.29, 1.82) is 0 Å². The van der Waals surface area contributed by atoms with E-state index >= 15 is 0 Å². The fourth-order valence-corrected chi connectivity index (χ4v) is 5.24. The van der Waals surface area contributed by atoms with Crippen molar-refractivity contribution in [2.75, 3.05) is 18.5 Å². The molecule has 1 unspecified atom stereocenters. The van der Waals surface area contributed by atoms with E-state index < -0.39 is 11.2 Å². The van der Waals surface area contributed by atoms with Crippen molar-refractivity contribution in [3.05, 3.63) is 88.9 Å². The molecule has 1 aromatic heterocycles. The van der Waals surface area contributed by atoms with E-state index in [0.717, 1.165) is 11.8 Å². The van der Waals surface area contributed by atoms with Gasteiger partial charge in [-0.1, -0.05) is 36.0 Å². The molecule has 0 bridgehead atoms. The lowest BCUT2D eigenvalue weighted by Crippen LogP contribution is -2.33. The minimum Gasteiger partial charge on any atom is -0.462 e. The molecule has 0 aliphatic carbocycles. The first kappa shape index (κ1) is 27.6. The molecule has 0 spiro atoms. The zero-order valence-corrected chi connectivity index (χ0v) is 22.7. The number of aromatic nitrogens is 2. The van der Waals surface area contributed by atoms with Gasteiger partial charge in [0.2, 0.25) is 11.8 Å². The highest BCUT2D eigenvalue weighted by Crippen LogP contribution is 2.32. The lowest BCUT2D eigenvalue weighted by molar-refractivity contribution is -0.127. The monoisotopic (exact) mass is 547 g/mol. The fraction of sp³-hybridized carbons (Fsp3) is 0.250. The van der Waals surface area contributed by atoms with E-state index in [-0.39, 0.29) is 42.6 Å². The number of amidine groups is 1. The molecular weight excluding hydrogens is 518 g/mol. The van der Waals surface area contributed by atoms with Crippen LogP contribution in [0.5, 0.6) is 0 Å². The molecule has 10 nitrogen and oxygen atoms in total. The first-order chi connectivity index (χ1) is 18.7. The molecule has 1 N–H and O–H groups in total. The number of anilines is 1. The fourth-order valence-electron chi connectivity index (χ4n) is 4.09. The number of thioether (sulfide) groups is 1. The Hall–Kier alpha value is -4.38. The number of hydrogen-bond acceptors (Lipinski definition) is 7. The van der Waals surface area contributed by atoms with Gasteiger partial charge < -0.3 is 10.1 Å². The Balaban J connectivity index is 1.53. The number of benzene rings is 2. The molecule has 1 saturated heterocycles. The van der Waals surface area contributed by atoms with Crippen molar-refractivity contribution in [2.45, 2.75) is 25.5 Å². The van der Waals surface area contributed by atoms with E-state index in [0.29, 0.717) is 27.8 Å². The number of carbonyl (C=O) groups is 3. The van der Waals surface area contributed by atoms with Crippen LogP contribution in [-0.2, 0) is 21.4 Å². The highest BCUT2D eigenvalue weighted by Gasteiger charge is 2.39. The third-order valence-corrected chi connectivity index (χ3v) is 7.29. The van der Waals surface area contributed by atoms with Crippen molar-refractivity contribution >= 4 is 46.1 Å². The summed E-state index contributed by atoms with van der Waals surface area (Å²) in [5.41, 5.74) is 2.10. The zero-order chi connectivity index (χ0) is 28.1. The van der Waals surface area contributed by atoms with Gasteiger partial charge in [-0.3, -0.25) is 24.0 Å². The summed E-state index contributed by atoms with van der Waals surface area (Å²) < 4.78 is 8.20. The Labute approximate surface area is 229 Å². The second-order valence-electron chi connectivity index (χ2n) is 8.70.